The first-order chi connectivity index (χ1) is 11.7. The fraction of sp³-hybridized carbons (Fsp3) is 0.150. The second-order valence-corrected chi connectivity index (χ2v) is 6.69. The van der Waals surface area contributed by atoms with Crippen LogP contribution in [0.4, 0.5) is 5.69 Å². The Hall–Kier alpha value is -2.30. The number of carbonyl (C=O) groups is 1. The second kappa shape index (κ2) is 7.99. The Labute approximate surface area is 146 Å². The van der Waals surface area contributed by atoms with Crippen molar-refractivity contribution in [1.82, 2.24) is 0 Å². The topological polar surface area (TPSA) is 55.1 Å². The van der Waals surface area contributed by atoms with Gasteiger partial charge in [-0.25, -0.2) is 0 Å². The van der Waals surface area contributed by atoms with Crippen LogP contribution < -0.4 is 11.1 Å². The first-order valence-electron chi connectivity index (χ1n) is 7.89. The van der Waals surface area contributed by atoms with E-state index >= 15 is 0 Å². The fourth-order valence-electron chi connectivity index (χ4n) is 2.46. The summed E-state index contributed by atoms with van der Waals surface area (Å²) < 4.78 is 0. The molecule has 0 radical (unpaired) electrons. The molecule has 24 heavy (non-hydrogen) atoms. The number of amides is 1. The third kappa shape index (κ3) is 4.37. The lowest BCUT2D eigenvalue weighted by Gasteiger charge is -2.12. The van der Waals surface area contributed by atoms with Gasteiger partial charge in [0.05, 0.1) is 6.04 Å². The highest BCUT2D eigenvalue weighted by Crippen LogP contribution is 2.19. The van der Waals surface area contributed by atoms with Crippen molar-refractivity contribution in [3.05, 3.63) is 78.4 Å². The predicted molar refractivity (Wildman–Crippen MR) is 103 cm³/mol. The van der Waals surface area contributed by atoms with Crippen LogP contribution in [0.15, 0.2) is 72.8 Å². The zero-order valence-corrected chi connectivity index (χ0v) is 14.1. The Morgan fingerprint density at radius 2 is 1.67 bits per heavy atom. The van der Waals surface area contributed by atoms with Crippen LogP contribution in [0.25, 0.3) is 10.8 Å². The van der Waals surface area contributed by atoms with Gasteiger partial charge in [0.1, 0.15) is 0 Å². The molecule has 0 saturated heterocycles. The minimum Gasteiger partial charge on any atom is -0.325 e. The van der Waals surface area contributed by atoms with E-state index < -0.39 is 6.04 Å². The zero-order chi connectivity index (χ0) is 16.8. The van der Waals surface area contributed by atoms with E-state index in [2.05, 4.69) is 17.4 Å². The minimum atomic E-state index is -0.523. The van der Waals surface area contributed by atoms with E-state index in [4.69, 9.17) is 5.73 Å². The van der Waals surface area contributed by atoms with E-state index in [-0.39, 0.29) is 5.91 Å². The van der Waals surface area contributed by atoms with Crippen molar-refractivity contribution in [2.24, 2.45) is 5.73 Å². The van der Waals surface area contributed by atoms with Gasteiger partial charge in [0, 0.05) is 17.2 Å². The van der Waals surface area contributed by atoms with Crippen molar-refractivity contribution in [3.63, 3.8) is 0 Å². The van der Waals surface area contributed by atoms with Gasteiger partial charge in [-0.2, -0.15) is 11.8 Å². The third-order valence-corrected chi connectivity index (χ3v) is 4.90. The Morgan fingerprint density at radius 3 is 2.46 bits per heavy atom. The molecule has 0 bridgehead atoms. The summed E-state index contributed by atoms with van der Waals surface area (Å²) >= 11 is 1.67. The van der Waals surface area contributed by atoms with Crippen LogP contribution in [0.1, 0.15) is 5.56 Å². The summed E-state index contributed by atoms with van der Waals surface area (Å²) in [4.78, 5) is 12.2. The van der Waals surface area contributed by atoms with Gasteiger partial charge in [0.25, 0.3) is 0 Å². The normalized spacial score (nSPS) is 12.0. The number of thioether (sulfide) groups is 1. The van der Waals surface area contributed by atoms with Crippen LogP contribution >= 0.6 is 11.8 Å². The first-order valence-corrected chi connectivity index (χ1v) is 9.05. The summed E-state index contributed by atoms with van der Waals surface area (Å²) in [5.74, 6) is 1.30. The monoisotopic (exact) mass is 336 g/mol. The highest BCUT2D eigenvalue weighted by atomic mass is 32.2. The molecule has 1 atom stereocenters. The molecule has 0 aromatic heterocycles. The van der Waals surface area contributed by atoms with E-state index in [9.17, 15) is 4.79 Å². The van der Waals surface area contributed by atoms with Gasteiger partial charge in [-0.15, -0.1) is 0 Å². The van der Waals surface area contributed by atoms with Gasteiger partial charge in [0.2, 0.25) is 5.91 Å². The number of nitrogens with one attached hydrogen (secondary N) is 1. The van der Waals surface area contributed by atoms with Crippen LogP contribution in [-0.2, 0) is 10.5 Å². The van der Waals surface area contributed by atoms with Gasteiger partial charge < -0.3 is 11.1 Å². The number of carbonyl (C=O) groups excluding carboxylic acids is 1. The van der Waals surface area contributed by atoms with E-state index in [0.717, 1.165) is 22.2 Å². The number of rotatable bonds is 6. The average Bonchev–Trinajstić information content (AvgIpc) is 2.62. The summed E-state index contributed by atoms with van der Waals surface area (Å²) in [6.45, 7) is 0. The highest BCUT2D eigenvalue weighted by Gasteiger charge is 2.13. The molecule has 3 aromatic carbocycles. The molecule has 0 heterocycles. The molecule has 0 unspecified atom stereocenters. The van der Waals surface area contributed by atoms with Crippen molar-refractivity contribution >= 4 is 34.1 Å². The number of hydrogen-bond donors (Lipinski definition) is 2. The summed E-state index contributed by atoms with van der Waals surface area (Å²) in [6.07, 6.45) is 0. The SMILES string of the molecule is N[C@H](CSCc1ccccc1)C(=O)Nc1ccc2ccccc2c1. The lowest BCUT2D eigenvalue weighted by molar-refractivity contribution is -0.116. The van der Waals surface area contributed by atoms with Crippen LogP contribution in [0.2, 0.25) is 0 Å². The predicted octanol–water partition coefficient (Wildman–Crippen LogP) is 4.04. The molecule has 4 heteroatoms. The van der Waals surface area contributed by atoms with Crippen LogP contribution in [0.3, 0.4) is 0 Å². The maximum absolute atomic E-state index is 12.2. The largest absolute Gasteiger partial charge is 0.325 e. The molecular weight excluding hydrogens is 316 g/mol. The number of nitrogens with two attached hydrogens (primary N) is 1. The fourth-order valence-corrected chi connectivity index (χ4v) is 3.41. The van der Waals surface area contributed by atoms with E-state index in [1.807, 2.05) is 60.7 Å². The maximum atomic E-state index is 12.2. The highest BCUT2D eigenvalue weighted by molar-refractivity contribution is 7.98. The van der Waals surface area contributed by atoms with Crippen molar-refractivity contribution in [2.75, 3.05) is 11.1 Å². The molecule has 0 spiro atoms. The molecule has 0 aliphatic carbocycles. The van der Waals surface area contributed by atoms with Gasteiger partial charge >= 0.3 is 0 Å². The molecule has 1 amide bonds. The standard InChI is InChI=1S/C20H20N2OS/c21-19(14-24-13-15-6-2-1-3-7-15)20(23)22-18-11-10-16-8-4-5-9-17(16)12-18/h1-12,19H,13-14,21H2,(H,22,23)/t19-/m1/s1. The maximum Gasteiger partial charge on any atom is 0.242 e. The van der Waals surface area contributed by atoms with Gasteiger partial charge in [-0.05, 0) is 28.5 Å². The third-order valence-electron chi connectivity index (χ3n) is 3.76. The Balaban J connectivity index is 1.53. The smallest absolute Gasteiger partial charge is 0.242 e. The lowest BCUT2D eigenvalue weighted by atomic mass is 10.1. The Bertz CT molecular complexity index is 820. The number of fused-ring (bicyclic) bond motifs is 1. The second-order valence-electron chi connectivity index (χ2n) is 5.66. The molecule has 3 nitrogen and oxygen atoms in total. The lowest BCUT2D eigenvalue weighted by Crippen LogP contribution is -2.37. The van der Waals surface area contributed by atoms with Gasteiger partial charge in [-0.1, -0.05) is 60.7 Å². The van der Waals surface area contributed by atoms with Gasteiger partial charge in [-0.3, -0.25) is 4.79 Å². The molecule has 0 aliphatic rings. The van der Waals surface area contributed by atoms with E-state index in [1.165, 1.54) is 5.56 Å². The number of anilines is 1. The molecule has 3 aromatic rings. The zero-order valence-electron chi connectivity index (χ0n) is 13.3. The summed E-state index contributed by atoms with van der Waals surface area (Å²) in [7, 11) is 0. The number of benzene rings is 3. The molecule has 3 rings (SSSR count). The van der Waals surface area contributed by atoms with Crippen molar-refractivity contribution < 1.29 is 4.79 Å². The van der Waals surface area contributed by atoms with E-state index in [0.29, 0.717) is 5.75 Å². The summed E-state index contributed by atoms with van der Waals surface area (Å²) in [5.41, 5.74) is 8.03. The van der Waals surface area contributed by atoms with Crippen molar-refractivity contribution in [1.29, 1.82) is 0 Å². The Morgan fingerprint density at radius 1 is 0.958 bits per heavy atom. The van der Waals surface area contributed by atoms with Crippen LogP contribution in [0.5, 0.6) is 0 Å². The Kier molecular flexibility index (Phi) is 5.51. The molecule has 0 aliphatic heterocycles. The van der Waals surface area contributed by atoms with Gasteiger partial charge in [0.15, 0.2) is 0 Å². The molecule has 3 N–H and O–H groups in total. The average molecular weight is 336 g/mol. The first kappa shape index (κ1) is 16.6. The summed E-state index contributed by atoms with van der Waals surface area (Å²) in [6, 6.07) is 23.6. The van der Waals surface area contributed by atoms with Crippen molar-refractivity contribution in [2.45, 2.75) is 11.8 Å². The van der Waals surface area contributed by atoms with Crippen molar-refractivity contribution in [3.8, 4) is 0 Å². The molecule has 122 valence electrons. The summed E-state index contributed by atoms with van der Waals surface area (Å²) in [5, 5.41) is 5.16. The number of hydrogen-bond acceptors (Lipinski definition) is 3. The molecule has 0 saturated carbocycles. The van der Waals surface area contributed by atoms with Crippen LogP contribution in [0, 0.1) is 0 Å². The van der Waals surface area contributed by atoms with E-state index in [1.54, 1.807) is 11.8 Å². The molecule has 0 fully saturated rings. The molecular formula is C20H20N2OS. The minimum absolute atomic E-state index is 0.147. The van der Waals surface area contributed by atoms with Crippen LogP contribution in [-0.4, -0.2) is 17.7 Å². The quantitative estimate of drug-likeness (QED) is 0.714.